The molecule has 0 atom stereocenters. The maximum Gasteiger partial charge on any atom is 0.283 e. The Balaban J connectivity index is 1.54. The summed E-state index contributed by atoms with van der Waals surface area (Å²) in [6, 6.07) is 13.1. The number of rotatable bonds is 5. The van der Waals surface area contributed by atoms with Crippen molar-refractivity contribution < 1.29 is 9.59 Å². The van der Waals surface area contributed by atoms with Crippen molar-refractivity contribution in [3.8, 4) is 0 Å². The van der Waals surface area contributed by atoms with Gasteiger partial charge in [-0.05, 0) is 55.7 Å². The molecular formula is C26H27Cl2N3O2S. The van der Waals surface area contributed by atoms with Gasteiger partial charge in [0.1, 0.15) is 5.70 Å². The van der Waals surface area contributed by atoms with Crippen LogP contribution in [0.2, 0.25) is 10.0 Å². The van der Waals surface area contributed by atoms with Crippen molar-refractivity contribution in [2.24, 2.45) is 4.99 Å². The maximum absolute atomic E-state index is 13.3. The largest absolute Gasteiger partial charge is 0.353 e. The Morgan fingerprint density at radius 3 is 2.47 bits per heavy atom. The molecular weight excluding hydrogens is 489 g/mol. The first-order chi connectivity index (χ1) is 16.4. The van der Waals surface area contributed by atoms with Crippen LogP contribution in [0.15, 0.2) is 53.2 Å². The minimum absolute atomic E-state index is 0.0298. The normalized spacial score (nSPS) is 18.2. The van der Waals surface area contributed by atoms with Crippen LogP contribution in [-0.2, 0) is 9.59 Å². The van der Waals surface area contributed by atoms with Gasteiger partial charge in [-0.1, -0.05) is 84.4 Å². The first kappa shape index (κ1) is 24.8. The number of halogens is 2. The minimum Gasteiger partial charge on any atom is -0.353 e. The van der Waals surface area contributed by atoms with E-state index >= 15 is 0 Å². The number of nitrogens with one attached hydrogen (secondary N) is 1. The Labute approximate surface area is 214 Å². The Hall–Kier alpha value is -2.28. The molecule has 0 saturated heterocycles. The summed E-state index contributed by atoms with van der Waals surface area (Å²) in [5.41, 5.74) is 2.81. The molecule has 34 heavy (non-hydrogen) atoms. The van der Waals surface area contributed by atoms with Crippen molar-refractivity contribution in [1.29, 1.82) is 0 Å². The van der Waals surface area contributed by atoms with E-state index in [1.54, 1.807) is 29.2 Å². The quantitative estimate of drug-likeness (QED) is 0.359. The first-order valence-electron chi connectivity index (χ1n) is 11.5. The summed E-state index contributed by atoms with van der Waals surface area (Å²) in [4.78, 5) is 32.1. The van der Waals surface area contributed by atoms with Gasteiger partial charge in [-0.25, -0.2) is 4.99 Å². The fraction of sp³-hybridized carbons (Fsp3) is 0.346. The van der Waals surface area contributed by atoms with E-state index in [2.05, 4.69) is 10.3 Å². The summed E-state index contributed by atoms with van der Waals surface area (Å²) in [6.07, 6.45) is 8.53. The predicted molar refractivity (Wildman–Crippen MR) is 143 cm³/mol. The second-order valence-electron chi connectivity index (χ2n) is 8.62. The van der Waals surface area contributed by atoms with Crippen molar-refractivity contribution >= 4 is 63.7 Å². The van der Waals surface area contributed by atoms with E-state index in [9.17, 15) is 9.59 Å². The molecule has 5 nitrogen and oxygen atoms in total. The van der Waals surface area contributed by atoms with Gasteiger partial charge in [0.25, 0.3) is 5.91 Å². The minimum atomic E-state index is -0.249. The molecule has 0 spiro atoms. The average Bonchev–Trinajstić information content (AvgIpc) is 2.96. The molecule has 4 rings (SSSR count). The summed E-state index contributed by atoms with van der Waals surface area (Å²) >= 11 is 13.4. The Morgan fingerprint density at radius 1 is 1.09 bits per heavy atom. The van der Waals surface area contributed by atoms with Crippen LogP contribution < -0.4 is 10.2 Å². The van der Waals surface area contributed by atoms with Crippen molar-refractivity contribution in [2.45, 2.75) is 51.5 Å². The zero-order chi connectivity index (χ0) is 24.1. The summed E-state index contributed by atoms with van der Waals surface area (Å²) in [7, 11) is 0. The number of amidine groups is 1. The van der Waals surface area contributed by atoms with Crippen LogP contribution in [0.3, 0.4) is 0 Å². The molecule has 1 N–H and O–H groups in total. The molecule has 0 bridgehead atoms. The van der Waals surface area contributed by atoms with Crippen LogP contribution in [-0.4, -0.2) is 28.8 Å². The predicted octanol–water partition coefficient (Wildman–Crippen LogP) is 6.62. The number of anilines is 1. The van der Waals surface area contributed by atoms with Crippen molar-refractivity contribution in [2.75, 3.05) is 10.7 Å². The monoisotopic (exact) mass is 515 g/mol. The Bertz CT molecular complexity index is 1120. The molecule has 1 aliphatic carbocycles. The number of nitrogens with zero attached hydrogens (tertiary/aromatic N) is 2. The van der Waals surface area contributed by atoms with E-state index in [0.29, 0.717) is 20.9 Å². The third-order valence-electron chi connectivity index (χ3n) is 5.92. The van der Waals surface area contributed by atoms with Crippen LogP contribution in [0.4, 0.5) is 5.69 Å². The van der Waals surface area contributed by atoms with Crippen LogP contribution in [0.25, 0.3) is 6.08 Å². The van der Waals surface area contributed by atoms with Gasteiger partial charge >= 0.3 is 0 Å². The third kappa shape index (κ3) is 6.23. The third-order valence-corrected chi connectivity index (χ3v) is 7.60. The van der Waals surface area contributed by atoms with Gasteiger partial charge in [0.05, 0.1) is 21.5 Å². The van der Waals surface area contributed by atoms with E-state index in [-0.39, 0.29) is 29.3 Å². The highest BCUT2D eigenvalue weighted by Crippen LogP contribution is 2.31. The molecule has 1 aliphatic heterocycles. The molecule has 8 heteroatoms. The number of carbonyl (C=O) groups is 2. The average molecular weight is 516 g/mol. The Kier molecular flexibility index (Phi) is 8.35. The second kappa shape index (κ2) is 11.4. The van der Waals surface area contributed by atoms with Gasteiger partial charge in [-0.3, -0.25) is 14.5 Å². The first-order valence-corrected chi connectivity index (χ1v) is 13.2. The Morgan fingerprint density at radius 2 is 1.79 bits per heavy atom. The number of thioether (sulfide) groups is 1. The summed E-state index contributed by atoms with van der Waals surface area (Å²) < 4.78 is 0. The molecule has 2 aromatic carbocycles. The molecule has 0 radical (unpaired) electrons. The summed E-state index contributed by atoms with van der Waals surface area (Å²) in [5.74, 6) is -0.0789. The lowest BCUT2D eigenvalue weighted by molar-refractivity contribution is -0.119. The number of benzene rings is 2. The fourth-order valence-electron chi connectivity index (χ4n) is 4.10. The zero-order valence-corrected chi connectivity index (χ0v) is 21.3. The van der Waals surface area contributed by atoms with Gasteiger partial charge in [0.2, 0.25) is 5.91 Å². The molecule has 1 fully saturated rings. The highest BCUT2D eigenvalue weighted by atomic mass is 35.5. The van der Waals surface area contributed by atoms with E-state index in [0.717, 1.165) is 36.8 Å². The molecule has 1 heterocycles. The number of amides is 2. The molecule has 1 saturated carbocycles. The maximum atomic E-state index is 13.3. The van der Waals surface area contributed by atoms with Crippen molar-refractivity contribution in [3.05, 3.63) is 69.3 Å². The number of hydrogen-bond donors (Lipinski definition) is 1. The van der Waals surface area contributed by atoms with Gasteiger partial charge in [-0.15, -0.1) is 0 Å². The van der Waals surface area contributed by atoms with Gasteiger partial charge in [0, 0.05) is 6.04 Å². The molecule has 0 aromatic heterocycles. The van der Waals surface area contributed by atoms with E-state index < -0.39 is 0 Å². The van der Waals surface area contributed by atoms with Gasteiger partial charge in [-0.2, -0.15) is 0 Å². The van der Waals surface area contributed by atoms with Gasteiger partial charge in [0.15, 0.2) is 5.17 Å². The summed E-state index contributed by atoms with van der Waals surface area (Å²) in [6.45, 7) is 1.99. The highest BCUT2D eigenvalue weighted by Gasteiger charge is 2.32. The van der Waals surface area contributed by atoms with Crippen molar-refractivity contribution in [3.63, 3.8) is 0 Å². The number of hydrogen-bond acceptors (Lipinski definition) is 4. The standard InChI is InChI=1S/C26H27Cl2N3O2S/c1-17-8-11-20(12-9-17)31-25(33)23(15-18-10-13-21(27)22(28)14-18)30-26(31)34-16-24(32)29-19-6-4-2-3-5-7-19/h8-15,19H,2-7,16H2,1H3,(H,29,32)/b23-15+. The number of aliphatic imine (C=N–C) groups is 1. The molecule has 2 aliphatic rings. The fourth-order valence-corrected chi connectivity index (χ4v) is 5.23. The van der Waals surface area contributed by atoms with Gasteiger partial charge < -0.3 is 5.32 Å². The van der Waals surface area contributed by atoms with E-state index in [1.165, 1.54) is 24.6 Å². The van der Waals surface area contributed by atoms with Crippen LogP contribution in [0, 0.1) is 6.92 Å². The summed E-state index contributed by atoms with van der Waals surface area (Å²) in [5, 5.41) is 4.50. The van der Waals surface area contributed by atoms with Crippen LogP contribution in [0.1, 0.15) is 49.7 Å². The number of carbonyl (C=O) groups excluding carboxylic acids is 2. The topological polar surface area (TPSA) is 61.8 Å². The number of aryl methyl sites for hydroxylation is 1. The smallest absolute Gasteiger partial charge is 0.283 e. The van der Waals surface area contributed by atoms with Crippen LogP contribution in [0.5, 0.6) is 0 Å². The lowest BCUT2D eigenvalue weighted by atomic mass is 10.1. The zero-order valence-electron chi connectivity index (χ0n) is 19.0. The van der Waals surface area contributed by atoms with Crippen LogP contribution >= 0.6 is 35.0 Å². The molecule has 0 unspecified atom stereocenters. The molecule has 178 valence electrons. The van der Waals surface area contributed by atoms with Crippen molar-refractivity contribution in [1.82, 2.24) is 5.32 Å². The van der Waals surface area contributed by atoms with E-state index in [1.807, 2.05) is 31.2 Å². The molecule has 2 amide bonds. The van der Waals surface area contributed by atoms with E-state index in [4.69, 9.17) is 23.2 Å². The highest BCUT2D eigenvalue weighted by molar-refractivity contribution is 8.14. The molecule has 2 aromatic rings. The lowest BCUT2D eigenvalue weighted by Gasteiger charge is -2.19. The second-order valence-corrected chi connectivity index (χ2v) is 10.4. The SMILES string of the molecule is Cc1ccc(N2C(=O)/C(=C\c3ccc(Cl)c(Cl)c3)N=C2SCC(=O)NC2CCCCCC2)cc1. The lowest BCUT2D eigenvalue weighted by Crippen LogP contribution is -2.37.